The molecule has 0 spiro atoms. The van der Waals surface area contributed by atoms with Crippen LogP contribution in [0.4, 0.5) is 0 Å². The molecular weight excluding hydrogens is 204 g/mol. The van der Waals surface area contributed by atoms with Gasteiger partial charge in [-0.15, -0.1) is 11.3 Å². The lowest BCUT2D eigenvalue weighted by atomic mass is 10.0. The van der Waals surface area contributed by atoms with Gasteiger partial charge in [-0.25, -0.2) is 0 Å². The van der Waals surface area contributed by atoms with E-state index in [2.05, 4.69) is 0 Å². The van der Waals surface area contributed by atoms with E-state index in [4.69, 9.17) is 11.6 Å². The summed E-state index contributed by atoms with van der Waals surface area (Å²) in [5.41, 5.74) is 0. The molecule has 0 unspecified atom stereocenters. The zero-order chi connectivity index (χ0) is 9.26. The van der Waals surface area contributed by atoms with Gasteiger partial charge < -0.3 is 0 Å². The van der Waals surface area contributed by atoms with E-state index in [-0.39, 0.29) is 11.7 Å². The number of hydrogen-bond donors (Lipinski definition) is 0. The zero-order valence-corrected chi connectivity index (χ0v) is 8.83. The highest BCUT2D eigenvalue weighted by atomic mass is 35.5. The van der Waals surface area contributed by atoms with Crippen LogP contribution in [0.3, 0.4) is 0 Å². The summed E-state index contributed by atoms with van der Waals surface area (Å²) in [4.78, 5) is 12.6. The molecule has 3 heteroatoms. The molecule has 2 rings (SSSR count). The Morgan fingerprint density at radius 1 is 1.46 bits per heavy atom. The van der Waals surface area contributed by atoms with Crippen molar-refractivity contribution >= 4 is 28.7 Å². The molecule has 0 saturated heterocycles. The molecule has 1 saturated carbocycles. The van der Waals surface area contributed by atoms with Crippen LogP contribution in [0, 0.1) is 5.92 Å². The topological polar surface area (TPSA) is 17.1 Å². The third kappa shape index (κ3) is 1.79. The zero-order valence-electron chi connectivity index (χ0n) is 7.25. The minimum atomic E-state index is 0.246. The first-order valence-corrected chi connectivity index (χ1v) is 5.82. The standard InChI is InChI=1S/C10H11ClOS/c11-8-5-6-13-10(8)9(12)7-3-1-2-4-7/h5-7H,1-4H2. The highest BCUT2D eigenvalue weighted by Gasteiger charge is 2.25. The Balaban J connectivity index is 2.17. The van der Waals surface area contributed by atoms with Crippen LogP contribution in [-0.2, 0) is 0 Å². The first-order valence-electron chi connectivity index (χ1n) is 4.56. The fourth-order valence-corrected chi connectivity index (χ4v) is 3.01. The van der Waals surface area contributed by atoms with Crippen molar-refractivity contribution in [3.05, 3.63) is 21.3 Å². The van der Waals surface area contributed by atoms with Gasteiger partial charge in [-0.2, -0.15) is 0 Å². The molecule has 0 aliphatic heterocycles. The molecule has 1 aliphatic rings. The van der Waals surface area contributed by atoms with Crippen molar-refractivity contribution in [3.63, 3.8) is 0 Å². The summed E-state index contributed by atoms with van der Waals surface area (Å²) in [6.45, 7) is 0. The SMILES string of the molecule is O=C(c1sccc1Cl)C1CCCC1. The van der Waals surface area contributed by atoms with Crippen LogP contribution in [0.15, 0.2) is 11.4 Å². The lowest BCUT2D eigenvalue weighted by Crippen LogP contribution is -2.09. The van der Waals surface area contributed by atoms with Gasteiger partial charge in [0.15, 0.2) is 5.78 Å². The van der Waals surface area contributed by atoms with Gasteiger partial charge in [0.1, 0.15) is 0 Å². The fourth-order valence-electron chi connectivity index (χ4n) is 1.84. The van der Waals surface area contributed by atoms with Crippen molar-refractivity contribution in [1.82, 2.24) is 0 Å². The van der Waals surface area contributed by atoms with Crippen molar-refractivity contribution in [2.75, 3.05) is 0 Å². The molecule has 1 nitrogen and oxygen atoms in total. The summed E-state index contributed by atoms with van der Waals surface area (Å²) in [6.07, 6.45) is 4.49. The number of halogens is 1. The Bertz CT molecular complexity index is 312. The van der Waals surface area contributed by atoms with Gasteiger partial charge in [0, 0.05) is 5.92 Å². The molecule has 13 heavy (non-hydrogen) atoms. The summed E-state index contributed by atoms with van der Waals surface area (Å²) in [5, 5.41) is 2.51. The van der Waals surface area contributed by atoms with Gasteiger partial charge in [-0.05, 0) is 24.3 Å². The second-order valence-corrected chi connectivity index (χ2v) is 4.77. The summed E-state index contributed by atoms with van der Waals surface area (Å²) in [6, 6.07) is 1.80. The largest absolute Gasteiger partial charge is 0.293 e. The van der Waals surface area contributed by atoms with E-state index in [0.717, 1.165) is 17.7 Å². The second kappa shape index (κ2) is 3.81. The number of rotatable bonds is 2. The molecular formula is C10H11ClOS. The average Bonchev–Trinajstić information content (AvgIpc) is 2.72. The van der Waals surface area contributed by atoms with Crippen molar-refractivity contribution in [2.24, 2.45) is 5.92 Å². The van der Waals surface area contributed by atoms with Crippen LogP contribution in [-0.4, -0.2) is 5.78 Å². The molecule has 0 bridgehead atoms. The smallest absolute Gasteiger partial charge is 0.177 e. The maximum atomic E-state index is 11.9. The molecule has 1 aromatic rings. The van der Waals surface area contributed by atoms with Crippen molar-refractivity contribution < 1.29 is 4.79 Å². The molecule has 70 valence electrons. The van der Waals surface area contributed by atoms with Crippen LogP contribution in [0.1, 0.15) is 35.4 Å². The fraction of sp³-hybridized carbons (Fsp3) is 0.500. The van der Waals surface area contributed by atoms with Gasteiger partial charge in [0.25, 0.3) is 0 Å². The number of carbonyl (C=O) groups is 1. The molecule has 1 aromatic heterocycles. The average molecular weight is 215 g/mol. The Labute approximate surface area is 86.7 Å². The third-order valence-electron chi connectivity index (χ3n) is 2.57. The highest BCUT2D eigenvalue weighted by Crippen LogP contribution is 2.32. The van der Waals surface area contributed by atoms with E-state index in [1.165, 1.54) is 24.2 Å². The normalized spacial score (nSPS) is 17.9. The third-order valence-corrected chi connectivity index (χ3v) is 3.92. The second-order valence-electron chi connectivity index (χ2n) is 3.44. The summed E-state index contributed by atoms with van der Waals surface area (Å²) in [7, 11) is 0. The van der Waals surface area contributed by atoms with Crippen LogP contribution in [0.25, 0.3) is 0 Å². The molecule has 0 radical (unpaired) electrons. The molecule has 1 fully saturated rings. The molecule has 0 amide bonds. The van der Waals surface area contributed by atoms with Gasteiger partial charge in [0.05, 0.1) is 9.90 Å². The Morgan fingerprint density at radius 2 is 2.15 bits per heavy atom. The molecule has 1 aliphatic carbocycles. The maximum Gasteiger partial charge on any atom is 0.177 e. The quantitative estimate of drug-likeness (QED) is 0.685. The van der Waals surface area contributed by atoms with Gasteiger partial charge in [-0.1, -0.05) is 24.4 Å². The van der Waals surface area contributed by atoms with Crippen molar-refractivity contribution in [3.8, 4) is 0 Å². The molecule has 0 atom stereocenters. The monoisotopic (exact) mass is 214 g/mol. The van der Waals surface area contributed by atoms with E-state index in [9.17, 15) is 4.79 Å². The Kier molecular flexibility index (Phi) is 2.70. The number of carbonyl (C=O) groups excluding carboxylic acids is 1. The number of hydrogen-bond acceptors (Lipinski definition) is 2. The maximum absolute atomic E-state index is 11.9. The Hall–Kier alpha value is -0.340. The van der Waals surface area contributed by atoms with Gasteiger partial charge >= 0.3 is 0 Å². The first-order chi connectivity index (χ1) is 6.29. The van der Waals surface area contributed by atoms with Crippen LogP contribution in [0.5, 0.6) is 0 Å². The molecule has 0 N–H and O–H groups in total. The number of thiophene rings is 1. The summed E-state index contributed by atoms with van der Waals surface area (Å²) >= 11 is 7.37. The summed E-state index contributed by atoms with van der Waals surface area (Å²) < 4.78 is 0. The highest BCUT2D eigenvalue weighted by molar-refractivity contribution is 7.12. The predicted molar refractivity (Wildman–Crippen MR) is 55.6 cm³/mol. The van der Waals surface area contributed by atoms with Gasteiger partial charge in [-0.3, -0.25) is 4.79 Å². The van der Waals surface area contributed by atoms with E-state index in [1.54, 1.807) is 6.07 Å². The van der Waals surface area contributed by atoms with E-state index in [1.807, 2.05) is 5.38 Å². The van der Waals surface area contributed by atoms with E-state index < -0.39 is 0 Å². The number of Topliss-reactive ketones (excluding diaryl/α,β-unsaturated/α-hetero) is 1. The van der Waals surface area contributed by atoms with Crippen molar-refractivity contribution in [1.29, 1.82) is 0 Å². The minimum absolute atomic E-state index is 0.246. The van der Waals surface area contributed by atoms with Crippen LogP contribution < -0.4 is 0 Å². The first kappa shape index (κ1) is 9.22. The predicted octanol–water partition coefficient (Wildman–Crippen LogP) is 3.77. The van der Waals surface area contributed by atoms with E-state index in [0.29, 0.717) is 5.02 Å². The molecule has 1 heterocycles. The van der Waals surface area contributed by atoms with Gasteiger partial charge in [0.2, 0.25) is 0 Å². The lowest BCUT2D eigenvalue weighted by molar-refractivity contribution is 0.0927. The Morgan fingerprint density at radius 3 is 2.69 bits per heavy atom. The van der Waals surface area contributed by atoms with Crippen molar-refractivity contribution in [2.45, 2.75) is 25.7 Å². The van der Waals surface area contributed by atoms with Crippen LogP contribution in [0.2, 0.25) is 5.02 Å². The number of ketones is 1. The minimum Gasteiger partial charge on any atom is -0.293 e. The molecule has 0 aromatic carbocycles. The van der Waals surface area contributed by atoms with E-state index >= 15 is 0 Å². The lowest BCUT2D eigenvalue weighted by Gasteiger charge is -2.05. The van der Waals surface area contributed by atoms with Crippen LogP contribution >= 0.6 is 22.9 Å². The summed E-state index contributed by atoms with van der Waals surface area (Å²) in [5.74, 6) is 0.508.